The van der Waals surface area contributed by atoms with E-state index in [0.29, 0.717) is 28.9 Å². The number of halogens is 2. The maximum absolute atomic E-state index is 6.22. The second-order valence-corrected chi connectivity index (χ2v) is 6.53. The van der Waals surface area contributed by atoms with Crippen LogP contribution < -0.4 is 5.73 Å². The van der Waals surface area contributed by atoms with Crippen molar-refractivity contribution in [1.82, 2.24) is 10.1 Å². The summed E-state index contributed by atoms with van der Waals surface area (Å²) in [4.78, 5) is 4.34. The Hall–Kier alpha value is -0.950. The number of ether oxygens (including phenoxy) is 1. The van der Waals surface area contributed by atoms with Gasteiger partial charge in [0.05, 0.1) is 23.3 Å². The van der Waals surface area contributed by atoms with Gasteiger partial charge in [-0.05, 0) is 48.8 Å². The van der Waals surface area contributed by atoms with Crippen molar-refractivity contribution in [2.24, 2.45) is 5.73 Å². The zero-order valence-corrected chi connectivity index (χ0v) is 14.4. The second kappa shape index (κ2) is 6.44. The summed E-state index contributed by atoms with van der Waals surface area (Å²) in [6.45, 7) is 5.99. The normalized spacial score (nSPS) is 14.4. The number of nitrogens with two attached hydrogens (primary N) is 1. The van der Waals surface area contributed by atoms with E-state index in [-0.39, 0.29) is 6.10 Å². The monoisotopic (exact) mass is 373 g/mol. The summed E-state index contributed by atoms with van der Waals surface area (Å²) in [6.07, 6.45) is 0.0822. The maximum Gasteiger partial charge on any atom is 0.259 e. The minimum absolute atomic E-state index is 0.0822. The molecule has 0 bridgehead atoms. The van der Waals surface area contributed by atoms with Crippen molar-refractivity contribution in [1.29, 1.82) is 0 Å². The van der Waals surface area contributed by atoms with Crippen LogP contribution in [0.25, 0.3) is 11.5 Å². The molecule has 1 heterocycles. The van der Waals surface area contributed by atoms with E-state index >= 15 is 0 Å². The lowest BCUT2D eigenvalue weighted by Gasteiger charge is -2.21. The highest BCUT2D eigenvalue weighted by molar-refractivity contribution is 9.10. The summed E-state index contributed by atoms with van der Waals surface area (Å²) in [6, 6.07) is 5.49. The van der Waals surface area contributed by atoms with Crippen molar-refractivity contribution in [2.45, 2.75) is 32.4 Å². The SMILES string of the molecule is CC(C)OCC(C)(N)c1noc(-c2cccc(Br)c2Cl)n1. The molecule has 1 aromatic carbocycles. The molecule has 0 aliphatic heterocycles. The number of aromatic nitrogens is 2. The number of hydrogen-bond acceptors (Lipinski definition) is 5. The highest BCUT2D eigenvalue weighted by Gasteiger charge is 2.29. The fraction of sp³-hybridized carbons (Fsp3) is 0.429. The van der Waals surface area contributed by atoms with Crippen molar-refractivity contribution in [3.05, 3.63) is 33.5 Å². The molecule has 2 rings (SSSR count). The number of benzene rings is 1. The molecule has 0 aliphatic rings. The topological polar surface area (TPSA) is 74.2 Å². The molecular weight excluding hydrogens is 358 g/mol. The second-order valence-electron chi connectivity index (χ2n) is 5.30. The molecule has 2 aromatic rings. The van der Waals surface area contributed by atoms with Crippen molar-refractivity contribution >= 4 is 27.5 Å². The third kappa shape index (κ3) is 3.83. The van der Waals surface area contributed by atoms with Crippen molar-refractivity contribution < 1.29 is 9.26 Å². The molecule has 1 unspecified atom stereocenters. The van der Waals surface area contributed by atoms with Gasteiger partial charge in [0.25, 0.3) is 5.89 Å². The molecule has 5 nitrogen and oxygen atoms in total. The molecule has 0 saturated heterocycles. The van der Waals surface area contributed by atoms with Crippen LogP contribution >= 0.6 is 27.5 Å². The largest absolute Gasteiger partial charge is 0.376 e. The lowest BCUT2D eigenvalue weighted by molar-refractivity contribution is 0.0410. The fourth-order valence-corrected chi connectivity index (χ4v) is 2.21. The highest BCUT2D eigenvalue weighted by atomic mass is 79.9. The average molecular weight is 375 g/mol. The van der Waals surface area contributed by atoms with Gasteiger partial charge in [0.1, 0.15) is 5.54 Å². The summed E-state index contributed by atoms with van der Waals surface area (Å²) in [5.41, 5.74) is 6.02. The minimum atomic E-state index is -0.829. The van der Waals surface area contributed by atoms with Crippen LogP contribution in [0, 0.1) is 0 Å². The van der Waals surface area contributed by atoms with Crippen LogP contribution in [0.3, 0.4) is 0 Å². The quantitative estimate of drug-likeness (QED) is 0.862. The molecule has 0 radical (unpaired) electrons. The Morgan fingerprint density at radius 1 is 1.48 bits per heavy atom. The predicted octanol–water partition coefficient (Wildman–Crippen LogP) is 3.75. The third-order valence-corrected chi connectivity index (χ3v) is 4.13. The molecule has 1 atom stereocenters. The summed E-state index contributed by atoms with van der Waals surface area (Å²) in [7, 11) is 0. The third-order valence-electron chi connectivity index (χ3n) is 2.84. The molecule has 0 amide bonds. The predicted molar refractivity (Wildman–Crippen MR) is 85.1 cm³/mol. The Balaban J connectivity index is 2.27. The zero-order valence-electron chi connectivity index (χ0n) is 12.1. The Bertz CT molecular complexity index is 628. The Morgan fingerprint density at radius 2 is 2.19 bits per heavy atom. The maximum atomic E-state index is 6.22. The molecular formula is C14H17BrClN3O2. The van der Waals surface area contributed by atoms with E-state index < -0.39 is 5.54 Å². The summed E-state index contributed by atoms with van der Waals surface area (Å²) in [5.74, 6) is 0.715. The smallest absolute Gasteiger partial charge is 0.259 e. The van der Waals surface area contributed by atoms with Gasteiger partial charge in [-0.3, -0.25) is 0 Å². The van der Waals surface area contributed by atoms with Crippen LogP contribution in [0.2, 0.25) is 5.02 Å². The lowest BCUT2D eigenvalue weighted by atomic mass is 10.1. The summed E-state index contributed by atoms with van der Waals surface area (Å²) < 4.78 is 11.6. The standard InChI is InChI=1S/C14H17BrClN3O2/c1-8(2)20-7-14(3,17)13-18-12(21-19-13)9-5-4-6-10(15)11(9)16/h4-6,8H,7,17H2,1-3H3. The van der Waals surface area contributed by atoms with E-state index in [9.17, 15) is 0 Å². The van der Waals surface area contributed by atoms with Crippen LogP contribution in [0.1, 0.15) is 26.6 Å². The van der Waals surface area contributed by atoms with Gasteiger partial charge < -0.3 is 15.0 Å². The van der Waals surface area contributed by atoms with E-state index in [4.69, 9.17) is 26.6 Å². The van der Waals surface area contributed by atoms with Gasteiger partial charge in [-0.2, -0.15) is 4.98 Å². The van der Waals surface area contributed by atoms with Gasteiger partial charge in [0.15, 0.2) is 5.82 Å². The van der Waals surface area contributed by atoms with E-state index in [1.165, 1.54) is 0 Å². The van der Waals surface area contributed by atoms with Crippen molar-refractivity contribution in [3.63, 3.8) is 0 Å². The van der Waals surface area contributed by atoms with Crippen molar-refractivity contribution in [3.8, 4) is 11.5 Å². The van der Waals surface area contributed by atoms with Crippen molar-refractivity contribution in [2.75, 3.05) is 6.61 Å². The molecule has 114 valence electrons. The first-order chi connectivity index (χ1) is 9.81. The van der Waals surface area contributed by atoms with Crippen LogP contribution in [0.15, 0.2) is 27.2 Å². The number of rotatable bonds is 5. The molecule has 2 N–H and O–H groups in total. The van der Waals surface area contributed by atoms with E-state index in [0.717, 1.165) is 4.47 Å². The summed E-state index contributed by atoms with van der Waals surface area (Å²) in [5, 5.41) is 4.47. The van der Waals surface area contributed by atoms with Crippen LogP contribution in [0.4, 0.5) is 0 Å². The Morgan fingerprint density at radius 3 is 2.86 bits per heavy atom. The highest BCUT2D eigenvalue weighted by Crippen LogP contribution is 2.33. The van der Waals surface area contributed by atoms with Gasteiger partial charge >= 0.3 is 0 Å². The molecule has 0 spiro atoms. The fourth-order valence-electron chi connectivity index (χ4n) is 1.64. The first-order valence-electron chi connectivity index (χ1n) is 6.50. The molecule has 1 aromatic heterocycles. The van der Waals surface area contributed by atoms with Gasteiger partial charge in [-0.15, -0.1) is 0 Å². The van der Waals surface area contributed by atoms with E-state index in [2.05, 4.69) is 26.1 Å². The molecule has 0 fully saturated rings. The van der Waals surface area contributed by atoms with Gasteiger partial charge in [-0.25, -0.2) is 0 Å². The van der Waals surface area contributed by atoms with E-state index in [1.54, 1.807) is 6.92 Å². The average Bonchev–Trinajstić information content (AvgIpc) is 2.90. The van der Waals surface area contributed by atoms with Gasteiger partial charge in [0, 0.05) is 4.47 Å². The first-order valence-corrected chi connectivity index (χ1v) is 7.67. The summed E-state index contributed by atoms with van der Waals surface area (Å²) >= 11 is 9.59. The first kappa shape index (κ1) is 16.4. The molecule has 0 aliphatic carbocycles. The van der Waals surface area contributed by atoms with Crippen LogP contribution in [-0.2, 0) is 10.3 Å². The number of hydrogen-bond donors (Lipinski definition) is 1. The van der Waals surface area contributed by atoms with E-state index in [1.807, 2.05) is 32.0 Å². The van der Waals surface area contributed by atoms with Crippen LogP contribution in [0.5, 0.6) is 0 Å². The van der Waals surface area contributed by atoms with Gasteiger partial charge in [0.2, 0.25) is 0 Å². The number of nitrogens with zero attached hydrogens (tertiary/aromatic N) is 2. The zero-order chi connectivity index (χ0) is 15.6. The Labute approximate surface area is 136 Å². The minimum Gasteiger partial charge on any atom is -0.376 e. The molecule has 7 heteroatoms. The molecule has 0 saturated carbocycles. The lowest BCUT2D eigenvalue weighted by Crippen LogP contribution is -2.40. The van der Waals surface area contributed by atoms with Gasteiger partial charge in [-0.1, -0.05) is 22.8 Å². The Kier molecular flexibility index (Phi) is 5.03. The molecule has 21 heavy (non-hydrogen) atoms. The van der Waals surface area contributed by atoms with Crippen LogP contribution in [-0.4, -0.2) is 22.9 Å².